The van der Waals surface area contributed by atoms with Crippen molar-refractivity contribution in [1.82, 2.24) is 10.3 Å². The molecule has 0 aliphatic carbocycles. The molecule has 1 aliphatic rings. The Labute approximate surface area is 193 Å². The van der Waals surface area contributed by atoms with E-state index in [2.05, 4.69) is 64.0 Å². The number of ketones is 1. The number of phenolic OH excluding ortho intramolecular Hbond substituents is 1. The lowest BCUT2D eigenvalue weighted by molar-refractivity contribution is 0.0917. The molecule has 2 heterocycles. The van der Waals surface area contributed by atoms with Gasteiger partial charge in [-0.2, -0.15) is 0 Å². The average molecular weight is 472 g/mol. The van der Waals surface area contributed by atoms with Crippen LogP contribution in [-0.4, -0.2) is 29.0 Å². The molecule has 1 fully saturated rings. The second-order valence-corrected chi connectivity index (χ2v) is 11.5. The van der Waals surface area contributed by atoms with E-state index in [4.69, 9.17) is 34.8 Å². The Bertz CT molecular complexity index is 958. The van der Waals surface area contributed by atoms with E-state index in [-0.39, 0.29) is 43.9 Å². The number of carbonyl (C=O) groups excluding carboxylic acids is 1. The summed E-state index contributed by atoms with van der Waals surface area (Å²) in [6.45, 7) is 13.8. The van der Waals surface area contributed by atoms with Crippen LogP contribution in [0.15, 0.2) is 12.1 Å². The van der Waals surface area contributed by atoms with Crippen LogP contribution in [0.2, 0.25) is 15.2 Å². The number of nitrogens with one attached hydrogen (secondary N) is 2. The van der Waals surface area contributed by atoms with Crippen molar-refractivity contribution < 1.29 is 9.90 Å². The molecular formula is C23H29Cl3N2O2. The molecule has 0 radical (unpaired) electrons. The van der Waals surface area contributed by atoms with Gasteiger partial charge in [-0.25, -0.2) is 0 Å². The second-order valence-electron chi connectivity index (χ2n) is 10.3. The van der Waals surface area contributed by atoms with E-state index < -0.39 is 5.41 Å². The zero-order chi connectivity index (χ0) is 22.6. The fourth-order valence-corrected chi connectivity index (χ4v) is 4.58. The van der Waals surface area contributed by atoms with E-state index in [9.17, 15) is 9.90 Å². The highest BCUT2D eigenvalue weighted by molar-refractivity contribution is 6.49. The first kappa shape index (κ1) is 23.5. The van der Waals surface area contributed by atoms with E-state index in [1.807, 2.05) is 0 Å². The minimum atomic E-state index is -0.391. The van der Waals surface area contributed by atoms with Crippen molar-refractivity contribution in [3.63, 3.8) is 0 Å². The number of phenols is 1. The van der Waals surface area contributed by atoms with Crippen LogP contribution in [0.25, 0.3) is 0 Å². The maximum absolute atomic E-state index is 13.1. The van der Waals surface area contributed by atoms with Crippen LogP contribution in [0.4, 0.5) is 0 Å². The van der Waals surface area contributed by atoms with Gasteiger partial charge in [-0.1, -0.05) is 88.5 Å². The van der Waals surface area contributed by atoms with Gasteiger partial charge in [-0.3, -0.25) is 4.79 Å². The molecule has 4 nitrogen and oxygen atoms in total. The summed E-state index contributed by atoms with van der Waals surface area (Å²) in [5.74, 6) is 0.191. The summed E-state index contributed by atoms with van der Waals surface area (Å²) in [4.78, 5) is 15.9. The van der Waals surface area contributed by atoms with Gasteiger partial charge in [-0.15, -0.1) is 0 Å². The van der Waals surface area contributed by atoms with Crippen LogP contribution in [0.5, 0.6) is 5.75 Å². The van der Waals surface area contributed by atoms with Gasteiger partial charge in [0.2, 0.25) is 0 Å². The molecule has 30 heavy (non-hydrogen) atoms. The van der Waals surface area contributed by atoms with Crippen LogP contribution in [0.1, 0.15) is 75.1 Å². The summed E-state index contributed by atoms with van der Waals surface area (Å²) in [6, 6.07) is 4.10. The molecule has 0 atom stereocenters. The van der Waals surface area contributed by atoms with Crippen molar-refractivity contribution in [2.24, 2.45) is 0 Å². The minimum absolute atomic E-state index is 0.141. The number of H-pyrrole nitrogens is 1. The minimum Gasteiger partial charge on any atom is -0.507 e. The van der Waals surface area contributed by atoms with E-state index in [1.54, 1.807) is 0 Å². The zero-order valence-corrected chi connectivity index (χ0v) is 20.5. The summed E-state index contributed by atoms with van der Waals surface area (Å²) >= 11 is 18.3. The molecule has 1 aromatic heterocycles. The molecule has 0 spiro atoms. The third-order valence-corrected chi connectivity index (χ3v) is 7.12. The molecule has 1 aromatic carbocycles. The van der Waals surface area contributed by atoms with Crippen LogP contribution in [0.3, 0.4) is 0 Å². The molecule has 3 N–H and O–H groups in total. The summed E-state index contributed by atoms with van der Waals surface area (Å²) in [6.07, 6.45) is 0.255. The molecule has 7 heteroatoms. The lowest BCUT2D eigenvalue weighted by Crippen LogP contribution is -2.58. The first-order valence-corrected chi connectivity index (χ1v) is 11.2. The fourth-order valence-electron chi connectivity index (χ4n) is 3.96. The van der Waals surface area contributed by atoms with Gasteiger partial charge >= 0.3 is 0 Å². The molecule has 1 aliphatic heterocycles. The molecule has 0 bridgehead atoms. The Hall–Kier alpha value is -1.20. The van der Waals surface area contributed by atoms with Gasteiger partial charge in [0.05, 0.1) is 10.0 Å². The Kier molecular flexibility index (Phi) is 6.05. The van der Waals surface area contributed by atoms with Crippen LogP contribution >= 0.6 is 34.8 Å². The number of aromatic hydroxyl groups is 1. The summed E-state index contributed by atoms with van der Waals surface area (Å²) in [7, 11) is 0. The number of hydrogen-bond acceptors (Lipinski definition) is 3. The highest BCUT2D eigenvalue weighted by atomic mass is 35.5. The van der Waals surface area contributed by atoms with Crippen molar-refractivity contribution in [2.75, 3.05) is 13.1 Å². The largest absolute Gasteiger partial charge is 0.507 e. The molecule has 0 amide bonds. The third-order valence-electron chi connectivity index (χ3n) is 5.88. The van der Waals surface area contributed by atoms with E-state index in [0.29, 0.717) is 18.8 Å². The monoisotopic (exact) mass is 470 g/mol. The first-order chi connectivity index (χ1) is 13.7. The average Bonchev–Trinajstić information content (AvgIpc) is 2.84. The lowest BCUT2D eigenvalue weighted by atomic mass is 9.68. The van der Waals surface area contributed by atoms with E-state index in [1.165, 1.54) is 0 Å². The number of hydrogen-bond donors (Lipinski definition) is 3. The number of halogens is 3. The van der Waals surface area contributed by atoms with Gasteiger partial charge < -0.3 is 15.4 Å². The molecular weight excluding hydrogens is 443 g/mol. The Morgan fingerprint density at radius 3 is 1.83 bits per heavy atom. The molecule has 0 saturated carbocycles. The normalized spacial score (nSPS) is 16.4. The maximum Gasteiger partial charge on any atom is 0.181 e. The maximum atomic E-state index is 13.1. The molecule has 2 aromatic rings. The predicted octanol–water partition coefficient (Wildman–Crippen LogP) is 6.39. The van der Waals surface area contributed by atoms with E-state index >= 15 is 0 Å². The Balaban J connectivity index is 2.09. The molecule has 3 rings (SSSR count). The van der Waals surface area contributed by atoms with Gasteiger partial charge in [0.1, 0.15) is 16.6 Å². The predicted molar refractivity (Wildman–Crippen MR) is 125 cm³/mol. The topological polar surface area (TPSA) is 65.1 Å². The van der Waals surface area contributed by atoms with Crippen molar-refractivity contribution in [3.8, 4) is 5.75 Å². The molecule has 0 unspecified atom stereocenters. The first-order valence-electron chi connectivity index (χ1n) is 10.0. The van der Waals surface area contributed by atoms with Crippen molar-refractivity contribution >= 4 is 40.6 Å². The number of aromatic amines is 1. The zero-order valence-electron chi connectivity index (χ0n) is 18.3. The number of aromatic nitrogens is 1. The Morgan fingerprint density at radius 2 is 1.50 bits per heavy atom. The third kappa shape index (κ3) is 4.12. The number of Topliss-reactive ketones (excluding diaryl/α,β-unsaturated/α-hetero) is 1. The highest BCUT2D eigenvalue weighted by Gasteiger charge is 2.43. The summed E-state index contributed by atoms with van der Waals surface area (Å²) in [5, 5.41) is 14.8. The number of benzene rings is 1. The van der Waals surface area contributed by atoms with Crippen LogP contribution in [0, 0.1) is 0 Å². The molecule has 1 saturated heterocycles. The summed E-state index contributed by atoms with van der Waals surface area (Å²) in [5.41, 5.74) is 2.17. The van der Waals surface area contributed by atoms with Gasteiger partial charge in [-0.05, 0) is 27.5 Å². The smallest absolute Gasteiger partial charge is 0.181 e. The van der Waals surface area contributed by atoms with Crippen molar-refractivity contribution in [2.45, 2.75) is 64.2 Å². The lowest BCUT2D eigenvalue weighted by Gasteiger charge is -2.44. The van der Waals surface area contributed by atoms with Crippen molar-refractivity contribution in [3.05, 3.63) is 49.7 Å². The van der Waals surface area contributed by atoms with Gasteiger partial charge in [0.15, 0.2) is 5.78 Å². The van der Waals surface area contributed by atoms with Gasteiger partial charge in [0, 0.05) is 24.9 Å². The molecule has 164 valence electrons. The van der Waals surface area contributed by atoms with Gasteiger partial charge in [0.25, 0.3) is 0 Å². The van der Waals surface area contributed by atoms with Crippen LogP contribution < -0.4 is 5.32 Å². The number of rotatable bonds is 4. The highest BCUT2D eigenvalue weighted by Crippen LogP contribution is 2.44. The SMILES string of the molecule is CC(C)(C)c1cc(C2(CC(=O)c3[nH]c(Cl)c(Cl)c3Cl)CNC2)cc(C(C)(C)C)c1O. The fraction of sp³-hybridized carbons (Fsp3) is 0.522. The quantitative estimate of drug-likeness (QED) is 0.453. The van der Waals surface area contributed by atoms with E-state index in [0.717, 1.165) is 16.7 Å². The second kappa shape index (κ2) is 7.74. The summed E-state index contributed by atoms with van der Waals surface area (Å²) < 4.78 is 0. The van der Waals surface area contributed by atoms with Crippen LogP contribution in [-0.2, 0) is 16.2 Å². The number of carbonyl (C=O) groups is 1. The standard InChI is InChI=1S/C23H29Cl3N2O2/c1-21(2,3)13-7-12(8-14(19(13)30)22(4,5)6)23(10-27-11-23)9-15(29)18-16(24)17(25)20(26)28-18/h7-8,27-28,30H,9-11H2,1-6H3. The Morgan fingerprint density at radius 1 is 1.00 bits per heavy atom. The van der Waals surface area contributed by atoms with Crippen molar-refractivity contribution in [1.29, 1.82) is 0 Å².